The lowest BCUT2D eigenvalue weighted by molar-refractivity contribution is -0.131. The number of likely N-dealkylation sites (tertiary alicyclic amines) is 1. The second kappa shape index (κ2) is 9.82. The molecule has 0 radical (unpaired) electrons. The van der Waals surface area contributed by atoms with Crippen molar-refractivity contribution in [2.24, 2.45) is 11.8 Å². The number of benzene rings is 1. The van der Waals surface area contributed by atoms with Crippen molar-refractivity contribution >= 4 is 17.7 Å². The second-order valence-electron chi connectivity index (χ2n) is 7.68. The molecule has 1 saturated carbocycles. The molecule has 1 heterocycles. The molecule has 1 aliphatic heterocycles. The molecule has 3 amide bonds. The van der Waals surface area contributed by atoms with Crippen molar-refractivity contribution in [1.82, 2.24) is 15.5 Å². The Labute approximate surface area is 170 Å². The molecule has 0 unspecified atom stereocenters. The van der Waals surface area contributed by atoms with Crippen molar-refractivity contribution in [2.45, 2.75) is 31.7 Å². The first kappa shape index (κ1) is 21.2. The van der Waals surface area contributed by atoms with Crippen LogP contribution in [0, 0.1) is 17.7 Å². The first-order chi connectivity index (χ1) is 14.0. The van der Waals surface area contributed by atoms with Crippen LogP contribution in [0.2, 0.25) is 0 Å². The molecule has 0 bridgehead atoms. The Morgan fingerprint density at radius 2 is 1.79 bits per heavy atom. The molecule has 1 aliphatic carbocycles. The number of nitrogens with zero attached hydrogens (tertiary/aromatic N) is 1. The van der Waals surface area contributed by atoms with Gasteiger partial charge in [0.25, 0.3) is 5.91 Å². The molecule has 2 N–H and O–H groups in total. The number of carbonyl (C=O) groups excluding carboxylic acids is 3. The summed E-state index contributed by atoms with van der Waals surface area (Å²) in [6, 6.07) is 4.89. The summed E-state index contributed by atoms with van der Waals surface area (Å²) in [5.74, 6) is -0.830. The number of piperidine rings is 1. The largest absolute Gasteiger partial charge is 0.383 e. The summed E-state index contributed by atoms with van der Waals surface area (Å²) in [5.41, 5.74) is 0.445. The van der Waals surface area contributed by atoms with Gasteiger partial charge in [0.2, 0.25) is 11.8 Å². The monoisotopic (exact) mass is 405 g/mol. The Kier molecular flexibility index (Phi) is 7.19. The van der Waals surface area contributed by atoms with Crippen LogP contribution in [0.25, 0.3) is 0 Å². The number of ether oxygens (including phenoxy) is 1. The van der Waals surface area contributed by atoms with Crippen LogP contribution in [0.4, 0.5) is 4.39 Å². The minimum Gasteiger partial charge on any atom is -0.383 e. The van der Waals surface area contributed by atoms with E-state index in [4.69, 9.17) is 4.74 Å². The van der Waals surface area contributed by atoms with Crippen LogP contribution in [-0.4, -0.2) is 62.0 Å². The van der Waals surface area contributed by atoms with E-state index >= 15 is 0 Å². The highest BCUT2D eigenvalue weighted by Gasteiger charge is 2.37. The van der Waals surface area contributed by atoms with Crippen LogP contribution < -0.4 is 10.6 Å². The lowest BCUT2D eigenvalue weighted by atomic mass is 9.88. The molecule has 2 aliphatic rings. The van der Waals surface area contributed by atoms with E-state index in [1.807, 2.05) is 0 Å². The standard InChI is InChI=1S/C21H28FN3O4/c1-29-13-10-23-20(27)18(24-19(26)15-2-3-15)14-8-11-25(12-9-14)21(28)16-4-6-17(22)7-5-16/h4-7,14-15,18H,2-3,8-13H2,1H3,(H,23,27)(H,24,26)/t18-/m1/s1. The molecule has 1 atom stereocenters. The first-order valence-corrected chi connectivity index (χ1v) is 10.1. The number of amides is 3. The average Bonchev–Trinajstić information content (AvgIpc) is 3.58. The van der Waals surface area contributed by atoms with Crippen LogP contribution >= 0.6 is 0 Å². The van der Waals surface area contributed by atoms with Crippen molar-refractivity contribution in [3.63, 3.8) is 0 Å². The lowest BCUT2D eigenvalue weighted by Crippen LogP contribution is -2.54. The Hall–Kier alpha value is -2.48. The molecule has 1 aromatic carbocycles. The molecule has 7 nitrogen and oxygen atoms in total. The maximum atomic E-state index is 13.1. The van der Waals surface area contributed by atoms with Gasteiger partial charge in [-0.15, -0.1) is 0 Å². The molecule has 158 valence electrons. The maximum Gasteiger partial charge on any atom is 0.253 e. The molecule has 0 aromatic heterocycles. The molecule has 0 spiro atoms. The van der Waals surface area contributed by atoms with Crippen LogP contribution in [0.1, 0.15) is 36.0 Å². The third-order valence-electron chi connectivity index (χ3n) is 5.52. The van der Waals surface area contributed by atoms with Gasteiger partial charge in [-0.2, -0.15) is 0 Å². The molecule has 1 saturated heterocycles. The maximum absolute atomic E-state index is 13.1. The van der Waals surface area contributed by atoms with Gasteiger partial charge in [0.15, 0.2) is 0 Å². The van der Waals surface area contributed by atoms with Gasteiger partial charge >= 0.3 is 0 Å². The van der Waals surface area contributed by atoms with E-state index in [0.717, 1.165) is 12.8 Å². The number of hydrogen-bond donors (Lipinski definition) is 2. The predicted octanol–water partition coefficient (Wildman–Crippen LogP) is 1.34. The third kappa shape index (κ3) is 5.76. The summed E-state index contributed by atoms with van der Waals surface area (Å²) in [6.07, 6.45) is 2.96. The third-order valence-corrected chi connectivity index (χ3v) is 5.52. The summed E-state index contributed by atoms with van der Waals surface area (Å²) in [4.78, 5) is 39.3. The zero-order valence-electron chi connectivity index (χ0n) is 16.7. The summed E-state index contributed by atoms with van der Waals surface area (Å²) >= 11 is 0. The minimum absolute atomic E-state index is 0.0180. The zero-order valence-corrected chi connectivity index (χ0v) is 16.7. The smallest absolute Gasteiger partial charge is 0.253 e. The quantitative estimate of drug-likeness (QED) is 0.639. The van der Waals surface area contributed by atoms with E-state index in [0.29, 0.717) is 44.6 Å². The van der Waals surface area contributed by atoms with Gasteiger partial charge in [0.05, 0.1) is 6.61 Å². The van der Waals surface area contributed by atoms with E-state index in [2.05, 4.69) is 10.6 Å². The molecule has 8 heteroatoms. The van der Waals surface area contributed by atoms with E-state index in [-0.39, 0.29) is 35.4 Å². The van der Waals surface area contributed by atoms with E-state index in [9.17, 15) is 18.8 Å². The number of hydrogen-bond acceptors (Lipinski definition) is 4. The Morgan fingerprint density at radius 3 is 2.38 bits per heavy atom. The van der Waals surface area contributed by atoms with Crippen molar-refractivity contribution in [1.29, 1.82) is 0 Å². The topological polar surface area (TPSA) is 87.7 Å². The predicted molar refractivity (Wildman–Crippen MR) is 105 cm³/mol. The van der Waals surface area contributed by atoms with Gasteiger partial charge in [-0.25, -0.2) is 4.39 Å². The van der Waals surface area contributed by atoms with Crippen LogP contribution in [0.15, 0.2) is 24.3 Å². The fourth-order valence-electron chi connectivity index (χ4n) is 3.61. The number of nitrogens with one attached hydrogen (secondary N) is 2. The Morgan fingerprint density at radius 1 is 1.14 bits per heavy atom. The minimum atomic E-state index is -0.608. The van der Waals surface area contributed by atoms with Crippen molar-refractivity contribution in [3.05, 3.63) is 35.6 Å². The van der Waals surface area contributed by atoms with Crippen molar-refractivity contribution in [2.75, 3.05) is 33.4 Å². The number of rotatable bonds is 8. The molecular weight excluding hydrogens is 377 g/mol. The Bertz CT molecular complexity index is 728. The fourth-order valence-corrected chi connectivity index (χ4v) is 3.61. The zero-order chi connectivity index (χ0) is 20.8. The van der Waals surface area contributed by atoms with E-state index < -0.39 is 6.04 Å². The number of halogens is 1. The highest BCUT2D eigenvalue weighted by molar-refractivity contribution is 5.94. The first-order valence-electron chi connectivity index (χ1n) is 10.1. The Balaban J connectivity index is 1.59. The highest BCUT2D eigenvalue weighted by Crippen LogP contribution is 2.30. The summed E-state index contributed by atoms with van der Waals surface area (Å²) < 4.78 is 18.0. The van der Waals surface area contributed by atoms with Gasteiger partial charge in [-0.05, 0) is 55.9 Å². The lowest BCUT2D eigenvalue weighted by Gasteiger charge is -2.36. The summed E-state index contributed by atoms with van der Waals surface area (Å²) in [7, 11) is 1.56. The van der Waals surface area contributed by atoms with Gasteiger partial charge in [0.1, 0.15) is 11.9 Å². The van der Waals surface area contributed by atoms with Gasteiger partial charge < -0.3 is 20.3 Å². The van der Waals surface area contributed by atoms with E-state index in [1.165, 1.54) is 24.3 Å². The summed E-state index contributed by atoms with van der Waals surface area (Å²) in [6.45, 7) is 1.76. The van der Waals surface area contributed by atoms with Crippen molar-refractivity contribution in [3.8, 4) is 0 Å². The molecule has 3 rings (SSSR count). The SMILES string of the molecule is COCCNC(=O)[C@H](NC(=O)C1CC1)C1CCN(C(=O)c2ccc(F)cc2)CC1. The van der Waals surface area contributed by atoms with E-state index in [1.54, 1.807) is 12.0 Å². The summed E-state index contributed by atoms with van der Waals surface area (Å²) in [5, 5.41) is 5.74. The molecule has 1 aromatic rings. The van der Waals surface area contributed by atoms with Gasteiger partial charge in [0, 0.05) is 38.2 Å². The second-order valence-corrected chi connectivity index (χ2v) is 7.68. The van der Waals surface area contributed by atoms with Crippen LogP contribution in [0.5, 0.6) is 0 Å². The molecular formula is C21H28FN3O4. The van der Waals surface area contributed by atoms with Gasteiger partial charge in [-0.3, -0.25) is 14.4 Å². The average molecular weight is 405 g/mol. The fraction of sp³-hybridized carbons (Fsp3) is 0.571. The normalized spacial score (nSPS) is 18.2. The van der Waals surface area contributed by atoms with Gasteiger partial charge in [-0.1, -0.05) is 0 Å². The van der Waals surface area contributed by atoms with Crippen molar-refractivity contribution < 1.29 is 23.5 Å². The number of carbonyl (C=O) groups is 3. The number of methoxy groups -OCH3 is 1. The highest BCUT2D eigenvalue weighted by atomic mass is 19.1. The van der Waals surface area contributed by atoms with Crippen LogP contribution in [-0.2, 0) is 14.3 Å². The molecule has 29 heavy (non-hydrogen) atoms. The van der Waals surface area contributed by atoms with Crippen LogP contribution in [0.3, 0.4) is 0 Å². The molecule has 2 fully saturated rings.